The van der Waals surface area contributed by atoms with Gasteiger partial charge in [-0.05, 0) is 23.6 Å². The van der Waals surface area contributed by atoms with Crippen LogP contribution in [0.1, 0.15) is 26.5 Å². The zero-order chi connectivity index (χ0) is 24.4. The van der Waals surface area contributed by atoms with Crippen LogP contribution in [0.25, 0.3) is 5.69 Å². The molecule has 33 heavy (non-hydrogen) atoms. The topological polar surface area (TPSA) is 115 Å². The Balaban J connectivity index is 2.15. The molecule has 176 valence electrons. The number of amides is 1. The van der Waals surface area contributed by atoms with Crippen LogP contribution in [0, 0.1) is 5.41 Å². The van der Waals surface area contributed by atoms with Crippen molar-refractivity contribution < 1.29 is 23.1 Å². The summed E-state index contributed by atoms with van der Waals surface area (Å²) < 4.78 is 33.3. The Morgan fingerprint density at radius 1 is 1.18 bits per heavy atom. The number of nitrogens with zero attached hydrogens (tertiary/aromatic N) is 4. The van der Waals surface area contributed by atoms with Crippen LogP contribution in [-0.4, -0.2) is 52.9 Å². The van der Waals surface area contributed by atoms with Crippen molar-refractivity contribution in [3.63, 3.8) is 0 Å². The van der Waals surface area contributed by atoms with Crippen molar-refractivity contribution in [2.75, 3.05) is 13.7 Å². The van der Waals surface area contributed by atoms with Gasteiger partial charge in [-0.1, -0.05) is 50.6 Å². The molecule has 3 aromatic rings. The average molecular weight is 493 g/mol. The lowest BCUT2D eigenvalue weighted by molar-refractivity contribution is 0.122. The molecule has 2 heterocycles. The highest BCUT2D eigenvalue weighted by molar-refractivity contribution is 7.91. The summed E-state index contributed by atoms with van der Waals surface area (Å²) in [5.41, 5.74) is 0.288. The maximum Gasteiger partial charge on any atom is 0.407 e. The number of methoxy groups -OCH3 is 1. The molecule has 11 heteroatoms. The molecule has 1 amide bonds. The van der Waals surface area contributed by atoms with Gasteiger partial charge in [-0.25, -0.2) is 22.9 Å². The standard InChI is InChI=1S/C22H25ClN4O5S/c1-22(2,3)14-26(21(28)29)13-15-12-20(27(25-15)17-9-6-5-8-16(17)23)33(30,31)19-11-7-10-18(24-19)32-4/h5-12H,13-14H2,1-4H3,(H,28,29). The van der Waals surface area contributed by atoms with Crippen molar-refractivity contribution in [3.8, 4) is 11.6 Å². The summed E-state index contributed by atoms with van der Waals surface area (Å²) in [4.78, 5) is 17.1. The van der Waals surface area contributed by atoms with Crippen LogP contribution in [0.4, 0.5) is 4.79 Å². The third-order valence-electron chi connectivity index (χ3n) is 4.55. The van der Waals surface area contributed by atoms with E-state index >= 15 is 0 Å². The number of para-hydroxylation sites is 1. The summed E-state index contributed by atoms with van der Waals surface area (Å²) in [7, 11) is -2.76. The third-order valence-corrected chi connectivity index (χ3v) is 6.49. The van der Waals surface area contributed by atoms with E-state index in [1.54, 1.807) is 24.3 Å². The van der Waals surface area contributed by atoms with Gasteiger partial charge >= 0.3 is 6.09 Å². The summed E-state index contributed by atoms with van der Waals surface area (Å²) in [5.74, 6) is 0.141. The first-order chi connectivity index (χ1) is 15.4. The number of hydrogen-bond donors (Lipinski definition) is 1. The molecule has 0 aliphatic carbocycles. The van der Waals surface area contributed by atoms with E-state index in [1.165, 1.54) is 41.0 Å². The molecule has 1 aromatic carbocycles. The fourth-order valence-corrected chi connectivity index (χ4v) is 4.76. The fourth-order valence-electron chi connectivity index (χ4n) is 3.20. The second-order valence-electron chi connectivity index (χ2n) is 8.56. The lowest BCUT2D eigenvalue weighted by Gasteiger charge is -2.27. The van der Waals surface area contributed by atoms with Gasteiger partial charge in [0.25, 0.3) is 0 Å². The molecule has 9 nitrogen and oxygen atoms in total. The highest BCUT2D eigenvalue weighted by atomic mass is 35.5. The summed E-state index contributed by atoms with van der Waals surface area (Å²) >= 11 is 6.33. The van der Waals surface area contributed by atoms with Crippen molar-refractivity contribution >= 4 is 27.5 Å². The number of pyridine rings is 1. The number of carboxylic acid groups (broad SMARTS) is 1. The molecule has 0 atom stereocenters. The van der Waals surface area contributed by atoms with E-state index in [4.69, 9.17) is 16.3 Å². The third kappa shape index (κ3) is 5.63. The Morgan fingerprint density at radius 2 is 1.88 bits per heavy atom. The molecule has 0 fully saturated rings. The van der Waals surface area contributed by atoms with E-state index in [1.807, 2.05) is 20.8 Å². The maximum absolute atomic E-state index is 13.5. The van der Waals surface area contributed by atoms with Crippen molar-refractivity contribution in [2.45, 2.75) is 37.4 Å². The number of rotatable bonds is 7. The van der Waals surface area contributed by atoms with Gasteiger partial charge in [0, 0.05) is 18.7 Å². The first-order valence-corrected chi connectivity index (χ1v) is 11.9. The Hall–Kier alpha value is -3.11. The van der Waals surface area contributed by atoms with Gasteiger partial charge in [0.15, 0.2) is 10.1 Å². The summed E-state index contributed by atoms with van der Waals surface area (Å²) in [6.45, 7) is 5.87. The van der Waals surface area contributed by atoms with Crippen LogP contribution in [0.2, 0.25) is 5.02 Å². The van der Waals surface area contributed by atoms with Gasteiger partial charge in [-0.2, -0.15) is 5.10 Å². The summed E-state index contributed by atoms with van der Waals surface area (Å²) in [6, 6.07) is 12.4. The minimum atomic E-state index is -4.15. The minimum absolute atomic E-state index is 0.0991. The molecule has 0 aliphatic heterocycles. The second kappa shape index (κ2) is 9.40. The summed E-state index contributed by atoms with van der Waals surface area (Å²) in [6.07, 6.45) is -1.13. The largest absolute Gasteiger partial charge is 0.481 e. The number of halogens is 1. The van der Waals surface area contributed by atoms with E-state index in [0.29, 0.717) is 5.69 Å². The Labute approximate surface area is 197 Å². The van der Waals surface area contributed by atoms with Crippen molar-refractivity contribution in [2.24, 2.45) is 5.41 Å². The van der Waals surface area contributed by atoms with Crippen LogP contribution in [-0.2, 0) is 16.4 Å². The summed E-state index contributed by atoms with van der Waals surface area (Å²) in [5, 5.41) is 13.9. The second-order valence-corrected chi connectivity index (χ2v) is 10.8. The van der Waals surface area contributed by atoms with Crippen LogP contribution in [0.15, 0.2) is 58.6 Å². The van der Waals surface area contributed by atoms with Gasteiger partial charge < -0.3 is 14.7 Å². The fraction of sp³-hybridized carbons (Fsp3) is 0.318. The molecule has 2 aromatic heterocycles. The molecule has 0 unspecified atom stereocenters. The van der Waals surface area contributed by atoms with Crippen LogP contribution in [0.5, 0.6) is 5.88 Å². The Kier molecular flexibility index (Phi) is 6.99. The lowest BCUT2D eigenvalue weighted by Crippen LogP contribution is -2.36. The normalized spacial score (nSPS) is 11.9. The van der Waals surface area contributed by atoms with Crippen molar-refractivity contribution in [1.29, 1.82) is 0 Å². The SMILES string of the molecule is COc1cccc(S(=O)(=O)c2cc(CN(CC(C)(C)C)C(=O)O)nn2-c2ccccc2Cl)n1. The molecule has 0 spiro atoms. The quantitative estimate of drug-likeness (QED) is 0.523. The van der Waals surface area contributed by atoms with Gasteiger partial charge in [0.2, 0.25) is 15.7 Å². The van der Waals surface area contributed by atoms with Gasteiger partial charge in [0.1, 0.15) is 0 Å². The molecular weight excluding hydrogens is 468 g/mol. The molecule has 0 radical (unpaired) electrons. The predicted octanol–water partition coefficient (Wildman–Crippen LogP) is 4.29. The average Bonchev–Trinajstić information content (AvgIpc) is 3.17. The monoisotopic (exact) mass is 492 g/mol. The molecular formula is C22H25ClN4O5S. The highest BCUT2D eigenvalue weighted by Crippen LogP contribution is 2.28. The molecule has 0 saturated carbocycles. The first-order valence-electron chi connectivity index (χ1n) is 10.0. The Bertz CT molecular complexity index is 1270. The number of sulfone groups is 1. The number of aromatic nitrogens is 3. The highest BCUT2D eigenvalue weighted by Gasteiger charge is 2.29. The maximum atomic E-state index is 13.5. The number of hydrogen-bond acceptors (Lipinski definition) is 6. The zero-order valence-corrected chi connectivity index (χ0v) is 20.3. The molecule has 1 N–H and O–H groups in total. The van der Waals surface area contributed by atoms with Gasteiger partial charge in [-0.15, -0.1) is 0 Å². The number of ether oxygens (including phenoxy) is 1. The van der Waals surface area contributed by atoms with E-state index in [2.05, 4.69) is 10.1 Å². The molecule has 0 saturated heterocycles. The van der Waals surface area contributed by atoms with E-state index in [0.717, 1.165) is 0 Å². The lowest BCUT2D eigenvalue weighted by atomic mass is 9.96. The van der Waals surface area contributed by atoms with Gasteiger partial charge in [0.05, 0.1) is 30.1 Å². The molecule has 0 aliphatic rings. The van der Waals surface area contributed by atoms with E-state index in [9.17, 15) is 18.3 Å². The Morgan fingerprint density at radius 3 is 2.48 bits per heavy atom. The zero-order valence-electron chi connectivity index (χ0n) is 18.7. The minimum Gasteiger partial charge on any atom is -0.481 e. The number of benzene rings is 1. The molecule has 0 bridgehead atoms. The van der Waals surface area contributed by atoms with E-state index in [-0.39, 0.29) is 45.2 Å². The predicted molar refractivity (Wildman–Crippen MR) is 123 cm³/mol. The smallest absolute Gasteiger partial charge is 0.407 e. The van der Waals surface area contributed by atoms with Crippen LogP contribution < -0.4 is 4.74 Å². The van der Waals surface area contributed by atoms with Gasteiger partial charge in [-0.3, -0.25) is 0 Å². The first kappa shape index (κ1) is 24.5. The van der Waals surface area contributed by atoms with Crippen molar-refractivity contribution in [3.05, 3.63) is 59.2 Å². The van der Waals surface area contributed by atoms with E-state index < -0.39 is 15.9 Å². The molecule has 3 rings (SSSR count). The van der Waals surface area contributed by atoms with Crippen LogP contribution in [0.3, 0.4) is 0 Å². The van der Waals surface area contributed by atoms with Crippen molar-refractivity contribution in [1.82, 2.24) is 19.7 Å². The van der Waals surface area contributed by atoms with Crippen LogP contribution >= 0.6 is 11.6 Å². The number of carbonyl (C=O) groups is 1.